The Labute approximate surface area is 117 Å². The number of carboxylic acid groups (broad SMARTS) is 1. The van der Waals surface area contributed by atoms with Crippen LogP contribution in [0.4, 0.5) is 4.79 Å². The van der Waals surface area contributed by atoms with E-state index in [1.165, 1.54) is 4.90 Å². The van der Waals surface area contributed by atoms with Crippen LogP contribution in [0.5, 0.6) is 0 Å². The molecule has 3 N–H and O–H groups in total. The molecule has 20 heavy (non-hydrogen) atoms. The van der Waals surface area contributed by atoms with E-state index in [0.717, 1.165) is 12.8 Å². The summed E-state index contributed by atoms with van der Waals surface area (Å²) in [5.74, 6) is -1.33. The van der Waals surface area contributed by atoms with Gasteiger partial charge >= 0.3 is 12.0 Å². The maximum absolute atomic E-state index is 12.2. The number of amides is 3. The van der Waals surface area contributed by atoms with Crippen LogP contribution < -0.4 is 10.6 Å². The summed E-state index contributed by atoms with van der Waals surface area (Å²) in [5.41, 5.74) is 0. The van der Waals surface area contributed by atoms with E-state index < -0.39 is 12.0 Å². The number of piperazine rings is 1. The van der Waals surface area contributed by atoms with Gasteiger partial charge in [-0.3, -0.25) is 9.59 Å². The SMILES string of the molecule is CC1C(=O)NCCN1C(=O)NC1CCCC(C(=O)O)C1. The minimum Gasteiger partial charge on any atom is -0.481 e. The van der Waals surface area contributed by atoms with E-state index in [9.17, 15) is 14.4 Å². The average molecular weight is 283 g/mol. The molecule has 2 rings (SSSR count). The van der Waals surface area contributed by atoms with Gasteiger partial charge in [0.25, 0.3) is 0 Å². The fraction of sp³-hybridized carbons (Fsp3) is 0.769. The Morgan fingerprint density at radius 3 is 2.85 bits per heavy atom. The van der Waals surface area contributed by atoms with Gasteiger partial charge in [0.2, 0.25) is 5.91 Å². The molecule has 2 fully saturated rings. The largest absolute Gasteiger partial charge is 0.481 e. The molecule has 3 unspecified atom stereocenters. The van der Waals surface area contributed by atoms with E-state index in [-0.39, 0.29) is 23.9 Å². The van der Waals surface area contributed by atoms with Crippen LogP contribution in [0.2, 0.25) is 0 Å². The molecule has 0 spiro atoms. The lowest BCUT2D eigenvalue weighted by molar-refractivity contribution is -0.143. The Morgan fingerprint density at radius 1 is 1.40 bits per heavy atom. The number of aliphatic carboxylic acids is 1. The smallest absolute Gasteiger partial charge is 0.318 e. The summed E-state index contributed by atoms with van der Waals surface area (Å²) in [6, 6.07) is -0.875. The minimum atomic E-state index is -0.797. The van der Waals surface area contributed by atoms with Crippen molar-refractivity contribution in [2.24, 2.45) is 5.92 Å². The third-order valence-corrected chi connectivity index (χ3v) is 4.11. The van der Waals surface area contributed by atoms with Crippen molar-refractivity contribution in [3.8, 4) is 0 Å². The first-order valence-corrected chi connectivity index (χ1v) is 7.06. The maximum atomic E-state index is 12.2. The van der Waals surface area contributed by atoms with E-state index in [0.29, 0.717) is 25.9 Å². The van der Waals surface area contributed by atoms with Crippen molar-refractivity contribution >= 4 is 17.9 Å². The summed E-state index contributed by atoms with van der Waals surface area (Å²) >= 11 is 0. The fourth-order valence-corrected chi connectivity index (χ4v) is 2.86. The molecule has 0 bridgehead atoms. The highest BCUT2D eigenvalue weighted by molar-refractivity contribution is 5.88. The van der Waals surface area contributed by atoms with Crippen molar-refractivity contribution in [2.75, 3.05) is 13.1 Å². The molecule has 3 amide bonds. The lowest BCUT2D eigenvalue weighted by Gasteiger charge is -2.35. The molecule has 7 heteroatoms. The van der Waals surface area contributed by atoms with Gasteiger partial charge in [-0.2, -0.15) is 0 Å². The van der Waals surface area contributed by atoms with E-state index in [2.05, 4.69) is 10.6 Å². The van der Waals surface area contributed by atoms with E-state index >= 15 is 0 Å². The molecule has 0 radical (unpaired) electrons. The summed E-state index contributed by atoms with van der Waals surface area (Å²) in [6.45, 7) is 2.63. The van der Waals surface area contributed by atoms with Gasteiger partial charge in [-0.1, -0.05) is 6.42 Å². The lowest BCUT2D eigenvalue weighted by Crippen LogP contribution is -2.59. The molecule has 1 aliphatic heterocycles. The summed E-state index contributed by atoms with van der Waals surface area (Å²) in [6.07, 6.45) is 2.74. The molecule has 3 atom stereocenters. The Hall–Kier alpha value is -1.79. The standard InChI is InChI=1S/C13H21N3O4/c1-8-11(17)14-5-6-16(8)13(20)15-10-4-2-3-9(7-10)12(18)19/h8-10H,2-7H2,1H3,(H,14,17)(H,15,20)(H,18,19). The zero-order valence-corrected chi connectivity index (χ0v) is 11.6. The predicted molar refractivity (Wildman–Crippen MR) is 71.1 cm³/mol. The van der Waals surface area contributed by atoms with Crippen LogP contribution >= 0.6 is 0 Å². The van der Waals surface area contributed by atoms with Crippen LogP contribution in [0.1, 0.15) is 32.6 Å². The highest BCUT2D eigenvalue weighted by atomic mass is 16.4. The van der Waals surface area contributed by atoms with E-state index in [4.69, 9.17) is 5.11 Å². The lowest BCUT2D eigenvalue weighted by atomic mass is 9.86. The first kappa shape index (κ1) is 14.6. The Balaban J connectivity index is 1.90. The zero-order valence-electron chi connectivity index (χ0n) is 11.6. The van der Waals surface area contributed by atoms with Crippen molar-refractivity contribution in [3.05, 3.63) is 0 Å². The van der Waals surface area contributed by atoms with E-state index in [1.54, 1.807) is 6.92 Å². The third kappa shape index (κ3) is 3.20. The van der Waals surface area contributed by atoms with Gasteiger partial charge in [0, 0.05) is 19.1 Å². The Morgan fingerprint density at radius 2 is 2.15 bits per heavy atom. The van der Waals surface area contributed by atoms with Crippen molar-refractivity contribution in [3.63, 3.8) is 0 Å². The second kappa shape index (κ2) is 6.11. The highest BCUT2D eigenvalue weighted by Crippen LogP contribution is 2.24. The molecule has 7 nitrogen and oxygen atoms in total. The molecule has 0 aromatic carbocycles. The molecule has 1 saturated carbocycles. The van der Waals surface area contributed by atoms with Crippen molar-refractivity contribution in [1.82, 2.24) is 15.5 Å². The van der Waals surface area contributed by atoms with Crippen molar-refractivity contribution < 1.29 is 19.5 Å². The van der Waals surface area contributed by atoms with Crippen LogP contribution in [0.15, 0.2) is 0 Å². The van der Waals surface area contributed by atoms with Gasteiger partial charge in [-0.15, -0.1) is 0 Å². The molecule has 2 aliphatic rings. The number of hydrogen-bond donors (Lipinski definition) is 3. The predicted octanol–water partition coefficient (Wildman–Crippen LogP) is 0.160. The second-order valence-electron chi connectivity index (χ2n) is 5.51. The Bertz CT molecular complexity index is 412. The third-order valence-electron chi connectivity index (χ3n) is 4.11. The molecule has 0 aromatic rings. The van der Waals surface area contributed by atoms with Gasteiger partial charge in [0.1, 0.15) is 6.04 Å². The molecule has 1 saturated heterocycles. The number of nitrogens with zero attached hydrogens (tertiary/aromatic N) is 1. The van der Waals surface area contributed by atoms with Gasteiger partial charge < -0.3 is 20.6 Å². The number of nitrogens with one attached hydrogen (secondary N) is 2. The van der Waals surface area contributed by atoms with Crippen molar-refractivity contribution in [2.45, 2.75) is 44.7 Å². The van der Waals surface area contributed by atoms with Gasteiger partial charge in [0.05, 0.1) is 5.92 Å². The summed E-state index contributed by atoms with van der Waals surface area (Å²) < 4.78 is 0. The van der Waals surface area contributed by atoms with E-state index in [1.807, 2.05) is 0 Å². The second-order valence-corrected chi connectivity index (χ2v) is 5.51. The monoisotopic (exact) mass is 283 g/mol. The summed E-state index contributed by atoms with van der Waals surface area (Å²) in [4.78, 5) is 36.2. The minimum absolute atomic E-state index is 0.116. The summed E-state index contributed by atoms with van der Waals surface area (Å²) in [7, 11) is 0. The quantitative estimate of drug-likeness (QED) is 0.672. The fourth-order valence-electron chi connectivity index (χ4n) is 2.86. The first-order chi connectivity index (χ1) is 9.49. The van der Waals surface area contributed by atoms with Gasteiger partial charge in [0.15, 0.2) is 0 Å². The summed E-state index contributed by atoms with van der Waals surface area (Å²) in [5, 5.41) is 14.6. The topological polar surface area (TPSA) is 98.7 Å². The number of urea groups is 1. The van der Waals surface area contributed by atoms with Crippen LogP contribution in [-0.4, -0.2) is 53.1 Å². The number of hydrogen-bond acceptors (Lipinski definition) is 3. The van der Waals surface area contributed by atoms with Crippen LogP contribution in [0.25, 0.3) is 0 Å². The van der Waals surface area contributed by atoms with Crippen molar-refractivity contribution in [1.29, 1.82) is 0 Å². The van der Waals surface area contributed by atoms with Gasteiger partial charge in [-0.25, -0.2) is 4.79 Å². The van der Waals surface area contributed by atoms with Crippen LogP contribution in [0.3, 0.4) is 0 Å². The Kier molecular flexibility index (Phi) is 4.46. The molecule has 0 aromatic heterocycles. The van der Waals surface area contributed by atoms with Gasteiger partial charge in [-0.05, 0) is 26.2 Å². The van der Waals surface area contributed by atoms with Crippen LogP contribution in [-0.2, 0) is 9.59 Å². The number of carbonyl (C=O) groups is 3. The average Bonchev–Trinajstić information content (AvgIpc) is 2.42. The number of carboxylic acids is 1. The normalized spacial score (nSPS) is 30.6. The highest BCUT2D eigenvalue weighted by Gasteiger charge is 2.32. The maximum Gasteiger partial charge on any atom is 0.318 e. The molecule has 1 aliphatic carbocycles. The number of rotatable bonds is 2. The molecule has 1 heterocycles. The molecular weight excluding hydrogens is 262 g/mol. The van der Waals surface area contributed by atoms with Crippen LogP contribution in [0, 0.1) is 5.92 Å². The zero-order chi connectivity index (χ0) is 14.7. The number of carbonyl (C=O) groups excluding carboxylic acids is 2. The molecule has 112 valence electrons. The molecular formula is C13H21N3O4. The first-order valence-electron chi connectivity index (χ1n) is 7.06.